The lowest BCUT2D eigenvalue weighted by Crippen LogP contribution is -2.05. The lowest BCUT2D eigenvalue weighted by atomic mass is 9.75. The molecule has 0 saturated carbocycles. The molecule has 0 spiro atoms. The molecule has 0 radical (unpaired) electrons. The highest BCUT2D eigenvalue weighted by molar-refractivity contribution is 6.07. The molecule has 0 atom stereocenters. The number of phenolic OH excluding ortho intramolecular Hbond substituents is 3. The first-order chi connectivity index (χ1) is 17.1. The number of benzene rings is 4. The first kappa shape index (κ1) is 24.6. The summed E-state index contributed by atoms with van der Waals surface area (Å²) < 4.78 is 0. The predicted octanol–water partition coefficient (Wildman–Crippen LogP) is 8.90. The Bertz CT molecular complexity index is 1280. The van der Waals surface area contributed by atoms with Crippen LogP contribution in [0, 0.1) is 0 Å². The van der Waals surface area contributed by atoms with Crippen LogP contribution >= 0.6 is 0 Å². The fourth-order valence-corrected chi connectivity index (χ4v) is 4.78. The third-order valence-corrected chi connectivity index (χ3v) is 6.25. The van der Waals surface area contributed by atoms with Gasteiger partial charge in [0.05, 0.1) is 0 Å². The molecule has 0 saturated heterocycles. The van der Waals surface area contributed by atoms with Crippen molar-refractivity contribution >= 4 is 16.7 Å². The van der Waals surface area contributed by atoms with Crippen LogP contribution in [0.25, 0.3) is 50.1 Å². The molecule has 4 rings (SSSR count). The molecule has 4 aromatic rings. The molecule has 36 heavy (non-hydrogen) atoms. The van der Waals surface area contributed by atoms with Crippen LogP contribution in [0.3, 0.4) is 0 Å². The number of phenols is 3. The standard InChI is InChI=1S/C33H30O3/c1-19(2)28-31(22-7-13-25(34)14-8-22)29(20(3)4)33(24-11-17-27(36)18-12-24)30(21(5)6)32(28)23-9-15-26(35)16-10-23/h7-18,34-36H,1,3,5H2,2,4,6H3. The number of aromatic hydroxyl groups is 3. The topological polar surface area (TPSA) is 60.7 Å². The van der Waals surface area contributed by atoms with Crippen molar-refractivity contribution in [3.05, 3.63) is 109 Å². The molecular formula is C33H30O3. The van der Waals surface area contributed by atoms with Crippen LogP contribution in [-0.4, -0.2) is 15.3 Å². The minimum atomic E-state index is 0.184. The Kier molecular flexibility index (Phi) is 6.59. The van der Waals surface area contributed by atoms with E-state index >= 15 is 0 Å². The Hall–Kier alpha value is -4.50. The maximum atomic E-state index is 10.0. The second-order valence-corrected chi connectivity index (χ2v) is 9.23. The van der Waals surface area contributed by atoms with Crippen molar-refractivity contribution in [1.82, 2.24) is 0 Å². The quantitative estimate of drug-likeness (QED) is 0.261. The molecular weight excluding hydrogens is 444 g/mol. The maximum Gasteiger partial charge on any atom is 0.115 e. The highest BCUT2D eigenvalue weighted by atomic mass is 16.3. The summed E-state index contributed by atoms with van der Waals surface area (Å²) in [7, 11) is 0. The molecule has 0 bridgehead atoms. The summed E-state index contributed by atoms with van der Waals surface area (Å²) >= 11 is 0. The number of hydrogen-bond acceptors (Lipinski definition) is 3. The maximum absolute atomic E-state index is 10.0. The van der Waals surface area contributed by atoms with Crippen LogP contribution in [0.1, 0.15) is 37.5 Å². The van der Waals surface area contributed by atoms with E-state index in [9.17, 15) is 15.3 Å². The molecule has 0 aromatic heterocycles. The average molecular weight is 475 g/mol. The highest BCUT2D eigenvalue weighted by Gasteiger charge is 2.27. The average Bonchev–Trinajstić information content (AvgIpc) is 2.83. The van der Waals surface area contributed by atoms with E-state index in [-0.39, 0.29) is 17.2 Å². The Balaban J connectivity index is 2.34. The van der Waals surface area contributed by atoms with E-state index in [2.05, 4.69) is 19.7 Å². The Morgan fingerprint density at radius 3 is 0.778 bits per heavy atom. The molecule has 3 N–H and O–H groups in total. The van der Waals surface area contributed by atoms with Crippen molar-refractivity contribution < 1.29 is 15.3 Å². The first-order valence-corrected chi connectivity index (χ1v) is 11.7. The summed E-state index contributed by atoms with van der Waals surface area (Å²) in [5.41, 5.74) is 11.0. The number of rotatable bonds is 6. The lowest BCUT2D eigenvalue weighted by Gasteiger charge is -2.28. The van der Waals surface area contributed by atoms with Gasteiger partial charge in [0, 0.05) is 0 Å². The third kappa shape index (κ3) is 4.44. The second-order valence-electron chi connectivity index (χ2n) is 9.23. The summed E-state index contributed by atoms with van der Waals surface area (Å²) in [5.74, 6) is 0.552. The van der Waals surface area contributed by atoms with Gasteiger partial charge in [0.15, 0.2) is 0 Å². The number of hydrogen-bond donors (Lipinski definition) is 3. The van der Waals surface area contributed by atoms with Crippen LogP contribution < -0.4 is 0 Å². The van der Waals surface area contributed by atoms with E-state index < -0.39 is 0 Å². The molecule has 0 aliphatic rings. The van der Waals surface area contributed by atoms with Gasteiger partial charge in [-0.05, 0) is 124 Å². The highest BCUT2D eigenvalue weighted by Crippen LogP contribution is 2.51. The van der Waals surface area contributed by atoms with Crippen LogP contribution in [0.5, 0.6) is 17.2 Å². The zero-order valence-corrected chi connectivity index (χ0v) is 20.9. The summed E-state index contributed by atoms with van der Waals surface area (Å²) in [6.07, 6.45) is 0. The van der Waals surface area contributed by atoms with Gasteiger partial charge in [0.1, 0.15) is 17.2 Å². The molecule has 0 fully saturated rings. The van der Waals surface area contributed by atoms with E-state index in [1.54, 1.807) is 36.4 Å². The smallest absolute Gasteiger partial charge is 0.115 e. The van der Waals surface area contributed by atoms with Crippen molar-refractivity contribution in [2.45, 2.75) is 20.8 Å². The fraction of sp³-hybridized carbons (Fsp3) is 0.0909. The van der Waals surface area contributed by atoms with Crippen molar-refractivity contribution in [2.75, 3.05) is 0 Å². The van der Waals surface area contributed by atoms with Gasteiger partial charge >= 0.3 is 0 Å². The zero-order valence-electron chi connectivity index (χ0n) is 20.9. The molecule has 4 aromatic carbocycles. The van der Waals surface area contributed by atoms with Crippen molar-refractivity contribution in [1.29, 1.82) is 0 Å². The fourth-order valence-electron chi connectivity index (χ4n) is 4.78. The Labute approximate surface area is 212 Å². The molecule has 0 aliphatic carbocycles. The Morgan fingerprint density at radius 2 is 0.611 bits per heavy atom. The monoisotopic (exact) mass is 474 g/mol. The SMILES string of the molecule is C=C(C)c1c(-c2ccc(O)cc2)c(C(=C)C)c(-c2ccc(O)cc2)c(C(=C)C)c1-c1ccc(O)cc1. The summed E-state index contributed by atoms with van der Waals surface area (Å²) in [6, 6.07) is 21.4. The van der Waals surface area contributed by atoms with Gasteiger partial charge in [-0.1, -0.05) is 56.1 Å². The minimum absolute atomic E-state index is 0.184. The van der Waals surface area contributed by atoms with Crippen LogP contribution in [0.15, 0.2) is 92.5 Å². The molecule has 0 unspecified atom stereocenters. The van der Waals surface area contributed by atoms with Gasteiger partial charge < -0.3 is 15.3 Å². The minimum Gasteiger partial charge on any atom is -0.508 e. The van der Waals surface area contributed by atoms with Gasteiger partial charge in [-0.15, -0.1) is 0 Å². The molecule has 0 heterocycles. The van der Waals surface area contributed by atoms with Gasteiger partial charge in [-0.2, -0.15) is 0 Å². The molecule has 0 amide bonds. The predicted molar refractivity (Wildman–Crippen MR) is 152 cm³/mol. The van der Waals surface area contributed by atoms with Gasteiger partial charge in [0.2, 0.25) is 0 Å². The normalized spacial score (nSPS) is 10.8. The van der Waals surface area contributed by atoms with E-state index in [0.717, 1.165) is 66.8 Å². The van der Waals surface area contributed by atoms with Crippen molar-refractivity contribution in [2.24, 2.45) is 0 Å². The van der Waals surface area contributed by atoms with E-state index in [4.69, 9.17) is 0 Å². The molecule has 3 nitrogen and oxygen atoms in total. The van der Waals surface area contributed by atoms with E-state index in [1.807, 2.05) is 57.2 Å². The first-order valence-electron chi connectivity index (χ1n) is 11.7. The van der Waals surface area contributed by atoms with E-state index in [1.165, 1.54) is 0 Å². The molecule has 180 valence electrons. The zero-order chi connectivity index (χ0) is 26.1. The molecule has 3 heteroatoms. The summed E-state index contributed by atoms with van der Waals surface area (Å²) in [6.45, 7) is 19.0. The summed E-state index contributed by atoms with van der Waals surface area (Å²) in [5, 5.41) is 30.0. The van der Waals surface area contributed by atoms with Gasteiger partial charge in [0.25, 0.3) is 0 Å². The number of allylic oxidation sites excluding steroid dienone is 3. The van der Waals surface area contributed by atoms with E-state index in [0.29, 0.717) is 0 Å². The summed E-state index contributed by atoms with van der Waals surface area (Å²) in [4.78, 5) is 0. The lowest BCUT2D eigenvalue weighted by molar-refractivity contribution is 0.475. The van der Waals surface area contributed by atoms with Crippen LogP contribution in [0.2, 0.25) is 0 Å². The van der Waals surface area contributed by atoms with Gasteiger partial charge in [-0.3, -0.25) is 0 Å². The second kappa shape index (κ2) is 9.63. The van der Waals surface area contributed by atoms with Crippen molar-refractivity contribution in [3.8, 4) is 50.6 Å². The Morgan fingerprint density at radius 1 is 0.417 bits per heavy atom. The van der Waals surface area contributed by atoms with Crippen LogP contribution in [-0.2, 0) is 0 Å². The largest absolute Gasteiger partial charge is 0.508 e. The third-order valence-electron chi connectivity index (χ3n) is 6.25. The van der Waals surface area contributed by atoms with Crippen LogP contribution in [0.4, 0.5) is 0 Å². The van der Waals surface area contributed by atoms with Gasteiger partial charge in [-0.25, -0.2) is 0 Å². The van der Waals surface area contributed by atoms with Crippen molar-refractivity contribution in [3.63, 3.8) is 0 Å². The molecule has 0 aliphatic heterocycles.